The van der Waals surface area contributed by atoms with E-state index in [4.69, 9.17) is 0 Å². The zero-order valence-corrected chi connectivity index (χ0v) is 12.4. The average Bonchev–Trinajstić information content (AvgIpc) is 1.84. The number of rotatable bonds is 0. The molecule has 0 aliphatic carbocycles. The Balaban J connectivity index is -0.000000147. The number of hydrogen-bond donors (Lipinski definition) is 0. The van der Waals surface area contributed by atoms with Crippen LogP contribution in [0.5, 0.6) is 0 Å². The van der Waals surface area contributed by atoms with Gasteiger partial charge >= 0.3 is 0 Å². The molecule has 0 bridgehead atoms. The van der Waals surface area contributed by atoms with Crippen molar-refractivity contribution in [3.63, 3.8) is 0 Å². The summed E-state index contributed by atoms with van der Waals surface area (Å²) in [5.74, 6) is 1.63. The van der Waals surface area contributed by atoms with Gasteiger partial charge in [0.1, 0.15) is 0 Å². The van der Waals surface area contributed by atoms with Gasteiger partial charge in [0.05, 0.1) is 0 Å². The maximum absolute atomic E-state index is 2.26. The molecule has 0 atom stereocenters. The lowest BCUT2D eigenvalue weighted by atomic mass is 9.84. The van der Waals surface area contributed by atoms with Gasteiger partial charge in [0.15, 0.2) is 0 Å². The smallest absolute Gasteiger partial charge is 0.0360 e. The SMILES string of the molecule is CC(C)C.CC(C)C(C)(C)C.CCC. The maximum Gasteiger partial charge on any atom is -0.0360 e. The molecule has 0 aliphatic heterocycles. The van der Waals surface area contributed by atoms with Crippen LogP contribution in [0.2, 0.25) is 0 Å². The van der Waals surface area contributed by atoms with Crippen LogP contribution in [0.1, 0.15) is 75.7 Å². The van der Waals surface area contributed by atoms with Gasteiger partial charge in [-0.3, -0.25) is 0 Å². The Labute approximate surface area is 93.5 Å². The lowest BCUT2D eigenvalue weighted by Gasteiger charge is -2.22. The van der Waals surface area contributed by atoms with Crippen molar-refractivity contribution in [1.82, 2.24) is 0 Å². The lowest BCUT2D eigenvalue weighted by molar-refractivity contribution is 0.283. The van der Waals surface area contributed by atoms with Crippen LogP contribution in [0.4, 0.5) is 0 Å². The highest BCUT2D eigenvalue weighted by Crippen LogP contribution is 2.23. The molecule has 0 N–H and O–H groups in total. The van der Waals surface area contributed by atoms with Crippen molar-refractivity contribution in [3.8, 4) is 0 Å². The first-order chi connectivity index (χ1) is 6.09. The van der Waals surface area contributed by atoms with Gasteiger partial charge in [0.2, 0.25) is 0 Å². The van der Waals surface area contributed by atoms with Gasteiger partial charge in [-0.15, -0.1) is 0 Å². The zero-order chi connectivity index (χ0) is 12.4. The molecule has 0 amide bonds. The fraction of sp³-hybridized carbons (Fsp3) is 1.00. The Bertz CT molecular complexity index is 79.9. The molecular weight excluding hydrogens is 168 g/mol. The lowest BCUT2D eigenvalue weighted by Crippen LogP contribution is -2.12. The monoisotopic (exact) mass is 202 g/mol. The van der Waals surface area contributed by atoms with Crippen LogP contribution >= 0.6 is 0 Å². The fourth-order valence-electron chi connectivity index (χ4n) is 0. The largest absolute Gasteiger partial charge is 0.0656 e. The molecule has 0 heterocycles. The molecule has 0 fully saturated rings. The highest BCUT2D eigenvalue weighted by molar-refractivity contribution is 4.64. The van der Waals surface area contributed by atoms with Crippen molar-refractivity contribution < 1.29 is 0 Å². The van der Waals surface area contributed by atoms with E-state index in [-0.39, 0.29) is 0 Å². The molecule has 0 unspecified atom stereocenters. The van der Waals surface area contributed by atoms with Crippen LogP contribution in [0, 0.1) is 17.3 Å². The summed E-state index contributed by atoms with van der Waals surface area (Å²) in [6.45, 7) is 22.0. The minimum Gasteiger partial charge on any atom is -0.0656 e. The first-order valence-electron chi connectivity index (χ1n) is 6.09. The van der Waals surface area contributed by atoms with Crippen molar-refractivity contribution in [1.29, 1.82) is 0 Å². The van der Waals surface area contributed by atoms with Crippen molar-refractivity contribution >= 4 is 0 Å². The first-order valence-corrected chi connectivity index (χ1v) is 6.09. The summed E-state index contributed by atoms with van der Waals surface area (Å²) >= 11 is 0. The standard InChI is InChI=1S/C7H16.C4H10.C3H8/c1-6(2)7(3,4)5;1-4(2)3;1-3-2/h6H,1-5H3;4H,1-3H3;3H2,1-2H3. The summed E-state index contributed by atoms with van der Waals surface area (Å²) in [5.41, 5.74) is 0.500. The van der Waals surface area contributed by atoms with Crippen LogP contribution < -0.4 is 0 Å². The van der Waals surface area contributed by atoms with E-state index in [1.54, 1.807) is 0 Å². The Morgan fingerprint density at radius 1 is 0.786 bits per heavy atom. The van der Waals surface area contributed by atoms with Gasteiger partial charge in [-0.25, -0.2) is 0 Å². The van der Waals surface area contributed by atoms with Crippen LogP contribution in [0.3, 0.4) is 0 Å². The van der Waals surface area contributed by atoms with Gasteiger partial charge in [0.25, 0.3) is 0 Å². The normalized spacial score (nSPS) is 10.3. The molecule has 0 nitrogen and oxygen atoms in total. The minimum absolute atomic E-state index is 0.500. The molecule has 0 saturated heterocycles. The molecule has 0 aromatic carbocycles. The van der Waals surface area contributed by atoms with Gasteiger partial charge < -0.3 is 0 Å². The predicted octanol–water partition coefficient (Wildman–Crippen LogP) is 5.77. The van der Waals surface area contributed by atoms with Crippen molar-refractivity contribution in [2.75, 3.05) is 0 Å². The van der Waals surface area contributed by atoms with Crippen molar-refractivity contribution in [3.05, 3.63) is 0 Å². The van der Waals surface area contributed by atoms with Crippen LogP contribution in [0.25, 0.3) is 0 Å². The first kappa shape index (κ1) is 19.6. The summed E-state index contributed by atoms with van der Waals surface area (Å²) in [7, 11) is 0. The fourth-order valence-corrected chi connectivity index (χ4v) is 0. The molecule has 0 heteroatoms. The van der Waals surface area contributed by atoms with E-state index in [1.165, 1.54) is 6.42 Å². The zero-order valence-electron chi connectivity index (χ0n) is 12.4. The van der Waals surface area contributed by atoms with E-state index in [0.29, 0.717) is 5.41 Å². The molecule has 0 rings (SSSR count). The van der Waals surface area contributed by atoms with E-state index in [1.807, 2.05) is 0 Å². The van der Waals surface area contributed by atoms with E-state index in [2.05, 4.69) is 69.2 Å². The molecule has 0 aromatic rings. The Hall–Kier alpha value is 0. The van der Waals surface area contributed by atoms with Crippen molar-refractivity contribution in [2.24, 2.45) is 17.3 Å². The molecule has 0 saturated carbocycles. The molecule has 14 heavy (non-hydrogen) atoms. The topological polar surface area (TPSA) is 0 Å². The molecule has 0 aliphatic rings. The van der Waals surface area contributed by atoms with Crippen LogP contribution in [-0.2, 0) is 0 Å². The molecule has 0 radical (unpaired) electrons. The van der Waals surface area contributed by atoms with Gasteiger partial charge in [-0.1, -0.05) is 75.7 Å². The van der Waals surface area contributed by atoms with Crippen LogP contribution in [0.15, 0.2) is 0 Å². The predicted molar refractivity (Wildman–Crippen MR) is 70.8 cm³/mol. The maximum atomic E-state index is 2.26. The summed E-state index contributed by atoms with van der Waals surface area (Å²) in [5, 5.41) is 0. The average molecular weight is 202 g/mol. The van der Waals surface area contributed by atoms with E-state index in [0.717, 1.165) is 11.8 Å². The Morgan fingerprint density at radius 2 is 0.857 bits per heavy atom. The minimum atomic E-state index is 0.500. The quantitative estimate of drug-likeness (QED) is 0.468. The molecule has 0 spiro atoms. The summed E-state index contributed by atoms with van der Waals surface area (Å²) in [6, 6.07) is 0. The highest BCUT2D eigenvalue weighted by Gasteiger charge is 2.13. The third kappa shape index (κ3) is 40.3. The summed E-state index contributed by atoms with van der Waals surface area (Å²) in [6.07, 6.45) is 1.25. The van der Waals surface area contributed by atoms with E-state index in [9.17, 15) is 0 Å². The Kier molecular flexibility index (Phi) is 15.5. The summed E-state index contributed by atoms with van der Waals surface area (Å²) < 4.78 is 0. The van der Waals surface area contributed by atoms with E-state index >= 15 is 0 Å². The summed E-state index contributed by atoms with van der Waals surface area (Å²) in [4.78, 5) is 0. The van der Waals surface area contributed by atoms with Gasteiger partial charge in [-0.2, -0.15) is 0 Å². The van der Waals surface area contributed by atoms with Gasteiger partial charge in [-0.05, 0) is 17.3 Å². The third-order valence-corrected chi connectivity index (χ3v) is 1.73. The molecule has 90 valence electrons. The van der Waals surface area contributed by atoms with Gasteiger partial charge in [0, 0.05) is 0 Å². The van der Waals surface area contributed by atoms with E-state index < -0.39 is 0 Å². The molecule has 0 aromatic heterocycles. The Morgan fingerprint density at radius 3 is 0.857 bits per heavy atom. The second kappa shape index (κ2) is 11.1. The third-order valence-electron chi connectivity index (χ3n) is 1.73. The molecular formula is C14H34. The van der Waals surface area contributed by atoms with Crippen molar-refractivity contribution in [2.45, 2.75) is 75.7 Å². The second-order valence-corrected chi connectivity index (χ2v) is 5.96. The highest BCUT2D eigenvalue weighted by atomic mass is 14.2. The number of hydrogen-bond acceptors (Lipinski definition) is 0. The second-order valence-electron chi connectivity index (χ2n) is 5.96. The van der Waals surface area contributed by atoms with Crippen LogP contribution in [-0.4, -0.2) is 0 Å².